The highest BCUT2D eigenvalue weighted by Gasteiger charge is 2.06. The highest BCUT2D eigenvalue weighted by Crippen LogP contribution is 2.24. The second-order valence-corrected chi connectivity index (χ2v) is 3.93. The van der Waals surface area contributed by atoms with E-state index in [9.17, 15) is 0 Å². The first-order valence-electron chi connectivity index (χ1n) is 4.05. The van der Waals surface area contributed by atoms with Crippen LogP contribution in [0.1, 0.15) is 11.3 Å². The maximum Gasteiger partial charge on any atom is 0.0969 e. The fourth-order valence-electron chi connectivity index (χ4n) is 1.43. The third-order valence-electron chi connectivity index (χ3n) is 2.11. The van der Waals surface area contributed by atoms with Gasteiger partial charge >= 0.3 is 0 Å². The van der Waals surface area contributed by atoms with Crippen LogP contribution in [-0.4, -0.2) is 10.2 Å². The Morgan fingerprint density at radius 1 is 1.54 bits per heavy atom. The summed E-state index contributed by atoms with van der Waals surface area (Å²) in [6.45, 7) is 2.52. The topological polar surface area (TPSA) is 54.7 Å². The number of benzene rings is 1. The fraction of sp³-hybridized carbons (Fsp3) is 0.222. The number of nitrogens with zero attached hydrogens (tertiary/aromatic N) is 1. The van der Waals surface area contributed by atoms with Gasteiger partial charge in [0.1, 0.15) is 0 Å². The largest absolute Gasteiger partial charge is 0.326 e. The number of hydrogen-bond acceptors (Lipinski definition) is 2. The highest BCUT2D eigenvalue weighted by molar-refractivity contribution is 9.10. The van der Waals surface area contributed by atoms with E-state index in [2.05, 4.69) is 26.1 Å². The molecule has 0 spiro atoms. The first-order valence-corrected chi connectivity index (χ1v) is 4.85. The molecular formula is C9H10BrN3. The van der Waals surface area contributed by atoms with Crippen molar-refractivity contribution in [1.29, 1.82) is 0 Å². The van der Waals surface area contributed by atoms with Gasteiger partial charge in [-0.25, -0.2) is 0 Å². The van der Waals surface area contributed by atoms with Crippen LogP contribution in [0.3, 0.4) is 0 Å². The van der Waals surface area contributed by atoms with Gasteiger partial charge < -0.3 is 5.73 Å². The minimum absolute atomic E-state index is 0.514. The van der Waals surface area contributed by atoms with E-state index in [1.807, 2.05) is 19.1 Å². The molecule has 0 saturated carbocycles. The van der Waals surface area contributed by atoms with Crippen molar-refractivity contribution in [2.75, 3.05) is 0 Å². The molecule has 0 aliphatic carbocycles. The highest BCUT2D eigenvalue weighted by atomic mass is 79.9. The molecule has 2 rings (SSSR count). The quantitative estimate of drug-likeness (QED) is 0.801. The molecule has 0 unspecified atom stereocenters. The smallest absolute Gasteiger partial charge is 0.0969 e. The molecule has 4 heteroatoms. The molecule has 0 aliphatic heterocycles. The van der Waals surface area contributed by atoms with Crippen LogP contribution < -0.4 is 5.73 Å². The molecule has 0 atom stereocenters. The molecule has 3 N–H and O–H groups in total. The Kier molecular flexibility index (Phi) is 2.09. The van der Waals surface area contributed by atoms with Gasteiger partial charge in [-0.1, -0.05) is 15.9 Å². The van der Waals surface area contributed by atoms with Gasteiger partial charge in [0.25, 0.3) is 0 Å². The molecule has 0 saturated heterocycles. The van der Waals surface area contributed by atoms with Crippen LogP contribution in [0.15, 0.2) is 16.6 Å². The number of rotatable bonds is 1. The van der Waals surface area contributed by atoms with E-state index in [4.69, 9.17) is 5.73 Å². The Morgan fingerprint density at radius 2 is 2.31 bits per heavy atom. The zero-order valence-corrected chi connectivity index (χ0v) is 8.85. The molecular weight excluding hydrogens is 230 g/mol. The minimum Gasteiger partial charge on any atom is -0.326 e. The average Bonchev–Trinajstić information content (AvgIpc) is 2.47. The van der Waals surface area contributed by atoms with Crippen LogP contribution >= 0.6 is 15.9 Å². The maximum atomic E-state index is 5.62. The van der Waals surface area contributed by atoms with Crippen LogP contribution in [-0.2, 0) is 6.54 Å². The number of aryl methyl sites for hydroxylation is 1. The SMILES string of the molecule is Cc1[nH]nc2c(CN)cc(Br)cc12. The number of fused-ring (bicyclic) bond motifs is 1. The predicted molar refractivity (Wildman–Crippen MR) is 56.4 cm³/mol. The number of aromatic amines is 1. The standard InChI is InChI=1S/C9H10BrN3/c1-5-8-3-7(10)2-6(4-11)9(8)13-12-5/h2-3H,4,11H2,1H3,(H,12,13). The Balaban J connectivity index is 2.84. The van der Waals surface area contributed by atoms with Gasteiger partial charge in [0.15, 0.2) is 0 Å². The molecule has 3 nitrogen and oxygen atoms in total. The summed E-state index contributed by atoms with van der Waals surface area (Å²) in [7, 11) is 0. The number of aromatic nitrogens is 2. The zero-order chi connectivity index (χ0) is 9.42. The third-order valence-corrected chi connectivity index (χ3v) is 2.57. The lowest BCUT2D eigenvalue weighted by atomic mass is 10.1. The van der Waals surface area contributed by atoms with Gasteiger partial charge in [0.2, 0.25) is 0 Å². The molecule has 0 fully saturated rings. The Hall–Kier alpha value is -0.870. The first kappa shape index (κ1) is 8.72. The summed E-state index contributed by atoms with van der Waals surface area (Å²) < 4.78 is 1.05. The monoisotopic (exact) mass is 239 g/mol. The fourth-order valence-corrected chi connectivity index (χ4v) is 1.93. The molecule has 1 aromatic heterocycles. The van der Waals surface area contributed by atoms with Gasteiger partial charge in [-0.3, -0.25) is 5.10 Å². The number of nitrogens with one attached hydrogen (secondary N) is 1. The lowest BCUT2D eigenvalue weighted by molar-refractivity contribution is 1.04. The molecule has 68 valence electrons. The molecule has 0 aliphatic rings. The molecule has 0 amide bonds. The van der Waals surface area contributed by atoms with Crippen molar-refractivity contribution in [2.24, 2.45) is 5.73 Å². The van der Waals surface area contributed by atoms with E-state index in [1.165, 1.54) is 0 Å². The van der Waals surface area contributed by atoms with Crippen LogP contribution in [0.2, 0.25) is 0 Å². The van der Waals surface area contributed by atoms with Crippen molar-refractivity contribution < 1.29 is 0 Å². The van der Waals surface area contributed by atoms with Crippen LogP contribution in [0.25, 0.3) is 10.9 Å². The summed E-state index contributed by atoms with van der Waals surface area (Å²) in [6, 6.07) is 4.05. The second kappa shape index (κ2) is 3.12. The second-order valence-electron chi connectivity index (χ2n) is 3.01. The maximum absolute atomic E-state index is 5.62. The van der Waals surface area contributed by atoms with Gasteiger partial charge in [-0.15, -0.1) is 0 Å². The van der Waals surface area contributed by atoms with E-state index in [1.54, 1.807) is 0 Å². The molecule has 0 radical (unpaired) electrons. The lowest BCUT2D eigenvalue weighted by Gasteiger charge is -1.99. The summed E-state index contributed by atoms with van der Waals surface area (Å²) >= 11 is 3.45. The number of halogens is 1. The van der Waals surface area contributed by atoms with Crippen molar-refractivity contribution in [2.45, 2.75) is 13.5 Å². The Bertz CT molecular complexity index is 447. The number of hydrogen-bond donors (Lipinski definition) is 2. The van der Waals surface area contributed by atoms with Crippen molar-refractivity contribution in [3.05, 3.63) is 27.9 Å². The number of nitrogens with two attached hydrogens (primary N) is 1. The van der Waals surface area contributed by atoms with Crippen molar-refractivity contribution >= 4 is 26.8 Å². The number of H-pyrrole nitrogens is 1. The van der Waals surface area contributed by atoms with E-state index < -0.39 is 0 Å². The van der Waals surface area contributed by atoms with E-state index in [0.717, 1.165) is 26.6 Å². The van der Waals surface area contributed by atoms with Gasteiger partial charge in [0, 0.05) is 22.1 Å². The van der Waals surface area contributed by atoms with Crippen LogP contribution in [0.5, 0.6) is 0 Å². The van der Waals surface area contributed by atoms with Crippen molar-refractivity contribution in [1.82, 2.24) is 10.2 Å². The van der Waals surface area contributed by atoms with Crippen molar-refractivity contribution in [3.63, 3.8) is 0 Å². The Labute approximate surface area is 84.4 Å². The normalized spacial score (nSPS) is 11.0. The average molecular weight is 240 g/mol. The molecule has 13 heavy (non-hydrogen) atoms. The third kappa shape index (κ3) is 1.36. The predicted octanol–water partition coefficient (Wildman–Crippen LogP) is 2.09. The van der Waals surface area contributed by atoms with Crippen LogP contribution in [0, 0.1) is 6.92 Å². The molecule has 0 bridgehead atoms. The van der Waals surface area contributed by atoms with E-state index in [0.29, 0.717) is 6.54 Å². The minimum atomic E-state index is 0.514. The van der Waals surface area contributed by atoms with Crippen LogP contribution in [0.4, 0.5) is 0 Å². The van der Waals surface area contributed by atoms with Gasteiger partial charge in [-0.05, 0) is 24.6 Å². The van der Waals surface area contributed by atoms with Gasteiger partial charge in [0.05, 0.1) is 5.52 Å². The first-order chi connectivity index (χ1) is 6.22. The van der Waals surface area contributed by atoms with E-state index in [-0.39, 0.29) is 0 Å². The van der Waals surface area contributed by atoms with Crippen molar-refractivity contribution in [3.8, 4) is 0 Å². The molecule has 1 aromatic carbocycles. The molecule has 1 heterocycles. The summed E-state index contributed by atoms with van der Waals surface area (Å²) in [5.41, 5.74) is 8.73. The summed E-state index contributed by atoms with van der Waals surface area (Å²) in [5.74, 6) is 0. The lowest BCUT2D eigenvalue weighted by Crippen LogP contribution is -1.97. The summed E-state index contributed by atoms with van der Waals surface area (Å²) in [5, 5.41) is 8.29. The zero-order valence-electron chi connectivity index (χ0n) is 7.26. The Morgan fingerprint density at radius 3 is 3.00 bits per heavy atom. The van der Waals surface area contributed by atoms with Gasteiger partial charge in [-0.2, -0.15) is 5.10 Å². The molecule has 2 aromatic rings. The van der Waals surface area contributed by atoms with E-state index >= 15 is 0 Å². The summed E-state index contributed by atoms with van der Waals surface area (Å²) in [4.78, 5) is 0. The summed E-state index contributed by atoms with van der Waals surface area (Å²) in [6.07, 6.45) is 0.